The molecule has 7 heteroatoms. The van der Waals surface area contributed by atoms with Crippen molar-refractivity contribution in [1.29, 1.82) is 0 Å². The van der Waals surface area contributed by atoms with Crippen molar-refractivity contribution >= 4 is 17.1 Å². The van der Waals surface area contributed by atoms with Gasteiger partial charge in [-0.3, -0.25) is 4.79 Å². The highest BCUT2D eigenvalue weighted by Crippen LogP contribution is 2.33. The van der Waals surface area contributed by atoms with Crippen LogP contribution in [0, 0.1) is 0 Å². The average molecular weight is 266 g/mol. The van der Waals surface area contributed by atoms with Gasteiger partial charge < -0.3 is 5.73 Å². The Morgan fingerprint density at radius 2 is 1.94 bits per heavy atom. The van der Waals surface area contributed by atoms with E-state index in [0.717, 1.165) is 6.20 Å². The van der Waals surface area contributed by atoms with Gasteiger partial charge in [0, 0.05) is 6.20 Å². The number of carbonyl (C=O) groups excluding carboxylic acids is 1. The predicted octanol–water partition coefficient (Wildman–Crippen LogP) is 2.86. The highest BCUT2D eigenvalue weighted by Gasteiger charge is 2.38. The molecule has 1 heterocycles. The molecule has 1 aromatic heterocycles. The molecule has 3 nitrogen and oxygen atoms in total. The molecule has 0 aliphatic carbocycles. The van der Waals surface area contributed by atoms with E-state index in [1.165, 1.54) is 0 Å². The highest BCUT2D eigenvalue weighted by molar-refractivity contribution is 7.13. The smallest absolute Gasteiger partial charge is 0.319 e. The second-order valence-electron chi connectivity index (χ2n) is 3.72. The number of nitrogens with two attached hydrogens (primary N) is 1. The summed E-state index contributed by atoms with van der Waals surface area (Å²) in [6.07, 6.45) is -2.81. The quantitative estimate of drug-likeness (QED) is 0.852. The van der Waals surface area contributed by atoms with Crippen LogP contribution in [0.1, 0.15) is 41.4 Å². The minimum atomic E-state index is -4.51. The number of halogens is 3. The zero-order chi connectivity index (χ0) is 13.3. The van der Waals surface area contributed by atoms with Crippen molar-refractivity contribution in [3.8, 4) is 0 Å². The van der Waals surface area contributed by atoms with E-state index in [1.54, 1.807) is 13.8 Å². The topological polar surface area (TPSA) is 56.0 Å². The maximum Gasteiger partial charge on any atom is 0.443 e. The van der Waals surface area contributed by atoms with Crippen LogP contribution in [0.25, 0.3) is 0 Å². The molecular weight excluding hydrogens is 253 g/mol. The number of hydrogen-bond acceptors (Lipinski definition) is 4. The number of Topliss-reactive ketones (excluding diaryl/α,β-unsaturated/α-hetero) is 1. The molecule has 0 aliphatic rings. The number of hydrogen-bond donors (Lipinski definition) is 1. The van der Waals surface area contributed by atoms with Gasteiger partial charge in [0.2, 0.25) is 0 Å². The van der Waals surface area contributed by atoms with Crippen molar-refractivity contribution in [3.05, 3.63) is 16.1 Å². The monoisotopic (exact) mass is 266 g/mol. The normalized spacial score (nSPS) is 12.8. The molecule has 0 unspecified atom stereocenters. The minimum Gasteiger partial charge on any atom is -0.319 e. The van der Waals surface area contributed by atoms with Gasteiger partial charge in [-0.2, -0.15) is 13.2 Å². The fourth-order valence-electron chi connectivity index (χ4n) is 1.33. The lowest BCUT2D eigenvalue weighted by Crippen LogP contribution is -2.46. The number of rotatable bonds is 4. The van der Waals surface area contributed by atoms with Crippen LogP contribution < -0.4 is 5.73 Å². The Morgan fingerprint density at radius 1 is 1.41 bits per heavy atom. The third kappa shape index (κ3) is 2.84. The van der Waals surface area contributed by atoms with Crippen molar-refractivity contribution in [2.75, 3.05) is 0 Å². The largest absolute Gasteiger partial charge is 0.443 e. The number of ketones is 1. The summed E-state index contributed by atoms with van der Waals surface area (Å²) in [5, 5.41) is -1.02. The molecule has 0 amide bonds. The summed E-state index contributed by atoms with van der Waals surface area (Å²) in [5.41, 5.74) is 4.74. The first kappa shape index (κ1) is 14.1. The van der Waals surface area contributed by atoms with Gasteiger partial charge in [-0.25, -0.2) is 4.98 Å². The maximum absolute atomic E-state index is 12.3. The van der Waals surface area contributed by atoms with Crippen molar-refractivity contribution < 1.29 is 18.0 Å². The van der Waals surface area contributed by atoms with Crippen LogP contribution in [0.2, 0.25) is 0 Å². The molecule has 0 fully saturated rings. The average Bonchev–Trinajstić information content (AvgIpc) is 2.75. The first-order valence-corrected chi connectivity index (χ1v) is 5.93. The molecule has 2 N–H and O–H groups in total. The van der Waals surface area contributed by atoms with Gasteiger partial charge in [-0.1, -0.05) is 13.8 Å². The minimum absolute atomic E-state index is 0.0384. The first-order valence-electron chi connectivity index (χ1n) is 5.11. The second kappa shape index (κ2) is 4.73. The lowest BCUT2D eigenvalue weighted by atomic mass is 9.89. The summed E-state index contributed by atoms with van der Waals surface area (Å²) in [5.74, 6) is -0.476. The summed E-state index contributed by atoms with van der Waals surface area (Å²) < 4.78 is 37.0. The molecular formula is C10H13F3N2OS. The van der Waals surface area contributed by atoms with E-state index in [2.05, 4.69) is 4.98 Å². The molecule has 1 aromatic rings. The van der Waals surface area contributed by atoms with Gasteiger partial charge in [0.1, 0.15) is 0 Å². The van der Waals surface area contributed by atoms with Crippen molar-refractivity contribution in [2.45, 2.75) is 38.4 Å². The van der Waals surface area contributed by atoms with Gasteiger partial charge in [0.05, 0.1) is 10.4 Å². The molecule has 0 atom stereocenters. The van der Waals surface area contributed by atoms with Crippen LogP contribution in [0.4, 0.5) is 13.2 Å². The maximum atomic E-state index is 12.3. The number of alkyl halides is 3. The lowest BCUT2D eigenvalue weighted by Gasteiger charge is -2.23. The van der Waals surface area contributed by atoms with Gasteiger partial charge in [-0.05, 0) is 12.8 Å². The summed E-state index contributed by atoms with van der Waals surface area (Å²) in [7, 11) is 0. The van der Waals surface area contributed by atoms with Crippen molar-refractivity contribution in [2.24, 2.45) is 5.73 Å². The van der Waals surface area contributed by atoms with Crippen LogP contribution in [0.3, 0.4) is 0 Å². The molecule has 17 heavy (non-hydrogen) atoms. The number of aromatic nitrogens is 1. The van der Waals surface area contributed by atoms with E-state index < -0.39 is 22.5 Å². The summed E-state index contributed by atoms with van der Waals surface area (Å²) >= 11 is 0.340. The standard InChI is InChI=1S/C10H13F3N2OS/c1-3-9(14,4-2)7(16)6-5-15-8(17-6)10(11,12)13/h5H,3-4,14H2,1-2H3. The lowest BCUT2D eigenvalue weighted by molar-refractivity contribution is -0.137. The van der Waals surface area contributed by atoms with Crippen LogP contribution in [0.15, 0.2) is 6.20 Å². The number of carbonyl (C=O) groups is 1. The molecule has 0 saturated carbocycles. The van der Waals surface area contributed by atoms with Crippen molar-refractivity contribution in [3.63, 3.8) is 0 Å². The molecule has 0 saturated heterocycles. The van der Waals surface area contributed by atoms with Crippen molar-refractivity contribution in [1.82, 2.24) is 4.98 Å². The van der Waals surface area contributed by atoms with E-state index >= 15 is 0 Å². The number of nitrogens with zero attached hydrogens (tertiary/aromatic N) is 1. The zero-order valence-corrected chi connectivity index (χ0v) is 10.3. The van der Waals surface area contributed by atoms with Crippen LogP contribution in [-0.2, 0) is 6.18 Å². The SMILES string of the molecule is CCC(N)(CC)C(=O)c1cnc(C(F)(F)F)s1. The van der Waals surface area contributed by atoms with E-state index in [4.69, 9.17) is 5.73 Å². The van der Waals surface area contributed by atoms with Crippen LogP contribution >= 0.6 is 11.3 Å². The predicted molar refractivity (Wildman–Crippen MR) is 58.9 cm³/mol. The van der Waals surface area contributed by atoms with E-state index in [1.807, 2.05) is 0 Å². The third-order valence-electron chi connectivity index (χ3n) is 2.69. The highest BCUT2D eigenvalue weighted by atomic mass is 32.1. The third-order valence-corrected chi connectivity index (χ3v) is 3.73. The Kier molecular flexibility index (Phi) is 3.93. The summed E-state index contributed by atoms with van der Waals surface area (Å²) in [4.78, 5) is 15.1. The Bertz CT molecular complexity index is 410. The molecule has 0 aromatic carbocycles. The van der Waals surface area contributed by atoms with E-state index in [0.29, 0.717) is 24.2 Å². The fourth-order valence-corrected chi connectivity index (χ4v) is 2.16. The molecule has 1 rings (SSSR count). The Hall–Kier alpha value is -0.950. The fraction of sp³-hybridized carbons (Fsp3) is 0.600. The summed E-state index contributed by atoms with van der Waals surface area (Å²) in [6, 6.07) is 0. The van der Waals surface area contributed by atoms with Gasteiger partial charge >= 0.3 is 6.18 Å². The number of thiazole rings is 1. The van der Waals surface area contributed by atoms with E-state index in [-0.39, 0.29) is 4.88 Å². The van der Waals surface area contributed by atoms with Gasteiger partial charge in [0.15, 0.2) is 10.8 Å². The molecule has 0 bridgehead atoms. The Balaban J connectivity index is 3.03. The van der Waals surface area contributed by atoms with Gasteiger partial charge in [0.25, 0.3) is 0 Å². The molecule has 0 aliphatic heterocycles. The van der Waals surface area contributed by atoms with E-state index in [9.17, 15) is 18.0 Å². The summed E-state index contributed by atoms with van der Waals surface area (Å²) in [6.45, 7) is 3.46. The van der Waals surface area contributed by atoms with Crippen LogP contribution in [0.5, 0.6) is 0 Å². The Morgan fingerprint density at radius 3 is 2.29 bits per heavy atom. The molecule has 96 valence electrons. The van der Waals surface area contributed by atoms with Gasteiger partial charge in [-0.15, -0.1) is 11.3 Å². The second-order valence-corrected chi connectivity index (χ2v) is 4.75. The Labute approximate surface area is 101 Å². The molecule has 0 spiro atoms. The van der Waals surface area contributed by atoms with Crippen LogP contribution in [-0.4, -0.2) is 16.3 Å². The zero-order valence-electron chi connectivity index (χ0n) is 9.47. The molecule has 0 radical (unpaired) electrons. The first-order chi connectivity index (χ1) is 7.74.